The number of anilines is 1. The lowest BCUT2D eigenvalue weighted by molar-refractivity contribution is 0.0326. The number of thiazole rings is 1. The summed E-state index contributed by atoms with van der Waals surface area (Å²) in [5.74, 6) is 0. The first-order valence-corrected chi connectivity index (χ1v) is 5.79. The third kappa shape index (κ3) is 2.25. The van der Waals surface area contributed by atoms with Gasteiger partial charge in [0, 0.05) is 30.7 Å². The van der Waals surface area contributed by atoms with Gasteiger partial charge in [-0.15, -0.1) is 11.3 Å². The molecule has 0 aromatic carbocycles. The smallest absolute Gasteiger partial charge is 0.180 e. The molecule has 1 fully saturated rings. The average molecular weight is 211 g/mol. The van der Waals surface area contributed by atoms with Gasteiger partial charge in [-0.3, -0.25) is 0 Å². The Morgan fingerprint density at radius 3 is 2.79 bits per heavy atom. The largest absolute Gasteiger partial charge is 0.375 e. The highest BCUT2D eigenvalue weighted by atomic mass is 32.1. The number of likely N-dealkylation sites (tertiary alicyclic amines) is 1. The highest BCUT2D eigenvalue weighted by molar-refractivity contribution is 7.15. The van der Waals surface area contributed by atoms with E-state index in [-0.39, 0.29) is 0 Å². The summed E-state index contributed by atoms with van der Waals surface area (Å²) in [4.78, 5) is 7.83. The molecule has 78 valence electrons. The summed E-state index contributed by atoms with van der Waals surface area (Å²) in [5.41, 5.74) is 6.10. The summed E-state index contributed by atoms with van der Waals surface area (Å²) in [7, 11) is 0. The first kappa shape index (κ1) is 9.93. The third-order valence-corrected chi connectivity index (χ3v) is 3.44. The van der Waals surface area contributed by atoms with Crippen LogP contribution in [0.15, 0.2) is 6.20 Å². The molecule has 0 atom stereocenters. The van der Waals surface area contributed by atoms with E-state index in [1.807, 2.05) is 6.20 Å². The first-order valence-electron chi connectivity index (χ1n) is 4.98. The minimum Gasteiger partial charge on any atom is -0.375 e. The van der Waals surface area contributed by atoms with E-state index in [0.29, 0.717) is 10.5 Å². The van der Waals surface area contributed by atoms with Crippen molar-refractivity contribution < 1.29 is 0 Å². The number of hydrogen-bond donors (Lipinski definition) is 1. The van der Waals surface area contributed by atoms with Crippen LogP contribution >= 0.6 is 11.3 Å². The van der Waals surface area contributed by atoms with Crippen molar-refractivity contribution in [1.82, 2.24) is 9.88 Å². The second-order valence-electron chi connectivity index (χ2n) is 4.79. The van der Waals surface area contributed by atoms with Crippen molar-refractivity contribution in [3.05, 3.63) is 11.1 Å². The van der Waals surface area contributed by atoms with Crippen LogP contribution in [0.3, 0.4) is 0 Å². The molecule has 3 nitrogen and oxygen atoms in total. The lowest BCUT2D eigenvalue weighted by Crippen LogP contribution is -2.53. The fourth-order valence-electron chi connectivity index (χ4n) is 2.03. The molecule has 0 saturated carbocycles. The van der Waals surface area contributed by atoms with Crippen LogP contribution in [0.4, 0.5) is 5.13 Å². The lowest BCUT2D eigenvalue weighted by Gasteiger charge is -2.45. The molecule has 0 bridgehead atoms. The molecule has 1 aliphatic heterocycles. The van der Waals surface area contributed by atoms with Crippen LogP contribution in [-0.2, 0) is 6.42 Å². The first-order chi connectivity index (χ1) is 6.55. The zero-order valence-electron chi connectivity index (χ0n) is 8.79. The van der Waals surface area contributed by atoms with Crippen molar-refractivity contribution in [3.63, 3.8) is 0 Å². The Morgan fingerprint density at radius 1 is 1.57 bits per heavy atom. The number of nitrogen functional groups attached to an aromatic ring is 1. The van der Waals surface area contributed by atoms with Gasteiger partial charge in [-0.25, -0.2) is 4.98 Å². The van der Waals surface area contributed by atoms with Gasteiger partial charge in [0.15, 0.2) is 5.13 Å². The molecular formula is C10H17N3S. The topological polar surface area (TPSA) is 42.2 Å². The maximum absolute atomic E-state index is 5.57. The summed E-state index contributed by atoms with van der Waals surface area (Å²) >= 11 is 1.60. The minimum absolute atomic E-state index is 0.534. The zero-order valence-corrected chi connectivity index (χ0v) is 9.60. The van der Waals surface area contributed by atoms with Crippen LogP contribution in [0.25, 0.3) is 0 Å². The zero-order chi connectivity index (χ0) is 10.2. The Morgan fingerprint density at radius 2 is 2.29 bits per heavy atom. The monoisotopic (exact) mass is 211 g/mol. The molecule has 0 aliphatic carbocycles. The standard InChI is InChI=1S/C10H17N3S/c1-10(2)6-13(7-10)4-3-8-5-12-9(11)14-8/h5H,3-4,6-7H2,1-2H3,(H2,11,12). The molecular weight excluding hydrogens is 194 g/mol. The second kappa shape index (κ2) is 3.51. The molecule has 1 aromatic rings. The molecule has 0 spiro atoms. The summed E-state index contributed by atoms with van der Waals surface area (Å²) in [6.45, 7) is 8.22. The Bertz CT molecular complexity index is 311. The number of aromatic nitrogens is 1. The van der Waals surface area contributed by atoms with Gasteiger partial charge in [-0.2, -0.15) is 0 Å². The van der Waals surface area contributed by atoms with Crippen LogP contribution < -0.4 is 5.73 Å². The number of hydrogen-bond acceptors (Lipinski definition) is 4. The van der Waals surface area contributed by atoms with Crippen molar-refractivity contribution >= 4 is 16.5 Å². The summed E-state index contributed by atoms with van der Waals surface area (Å²) in [6.07, 6.45) is 2.98. The maximum atomic E-state index is 5.57. The van der Waals surface area contributed by atoms with Crippen LogP contribution in [0.5, 0.6) is 0 Å². The van der Waals surface area contributed by atoms with E-state index in [9.17, 15) is 0 Å². The molecule has 0 unspecified atom stereocenters. The molecule has 2 rings (SSSR count). The average Bonchev–Trinajstić information content (AvgIpc) is 2.44. The summed E-state index contributed by atoms with van der Waals surface area (Å²) in [5, 5.41) is 0.684. The highest BCUT2D eigenvalue weighted by Gasteiger charge is 2.33. The van der Waals surface area contributed by atoms with Gasteiger partial charge in [0.05, 0.1) is 0 Å². The van der Waals surface area contributed by atoms with E-state index in [2.05, 4.69) is 23.7 Å². The van der Waals surface area contributed by atoms with E-state index in [0.717, 1.165) is 13.0 Å². The molecule has 0 radical (unpaired) electrons. The number of nitrogens with zero attached hydrogens (tertiary/aromatic N) is 2. The highest BCUT2D eigenvalue weighted by Crippen LogP contribution is 2.28. The van der Waals surface area contributed by atoms with Gasteiger partial charge in [0.25, 0.3) is 0 Å². The van der Waals surface area contributed by atoms with E-state index >= 15 is 0 Å². The lowest BCUT2D eigenvalue weighted by atomic mass is 9.84. The number of rotatable bonds is 3. The maximum Gasteiger partial charge on any atom is 0.180 e. The molecule has 2 heterocycles. The Balaban J connectivity index is 1.74. The van der Waals surface area contributed by atoms with Crippen LogP contribution in [0.2, 0.25) is 0 Å². The molecule has 1 aromatic heterocycles. The van der Waals surface area contributed by atoms with Crippen LogP contribution in [0.1, 0.15) is 18.7 Å². The van der Waals surface area contributed by atoms with Crippen molar-refractivity contribution in [2.45, 2.75) is 20.3 Å². The Labute approximate surface area is 88.9 Å². The van der Waals surface area contributed by atoms with Crippen molar-refractivity contribution in [1.29, 1.82) is 0 Å². The second-order valence-corrected chi connectivity index (χ2v) is 5.94. The quantitative estimate of drug-likeness (QED) is 0.826. The van der Waals surface area contributed by atoms with E-state index in [1.165, 1.54) is 18.0 Å². The minimum atomic E-state index is 0.534. The van der Waals surface area contributed by atoms with E-state index in [4.69, 9.17) is 5.73 Å². The molecule has 1 saturated heterocycles. The normalized spacial score (nSPS) is 20.7. The Kier molecular flexibility index (Phi) is 2.49. The molecule has 0 amide bonds. The van der Waals surface area contributed by atoms with Crippen molar-refractivity contribution in [3.8, 4) is 0 Å². The predicted molar refractivity (Wildman–Crippen MR) is 60.5 cm³/mol. The number of nitrogens with two attached hydrogens (primary N) is 1. The molecule has 2 N–H and O–H groups in total. The van der Waals surface area contributed by atoms with Crippen LogP contribution in [-0.4, -0.2) is 29.5 Å². The van der Waals surface area contributed by atoms with Crippen LogP contribution in [0, 0.1) is 5.41 Å². The van der Waals surface area contributed by atoms with Gasteiger partial charge in [0.2, 0.25) is 0 Å². The van der Waals surface area contributed by atoms with Gasteiger partial charge in [0.1, 0.15) is 0 Å². The van der Waals surface area contributed by atoms with E-state index in [1.54, 1.807) is 11.3 Å². The fourth-order valence-corrected chi connectivity index (χ4v) is 2.70. The van der Waals surface area contributed by atoms with Crippen molar-refractivity contribution in [2.75, 3.05) is 25.4 Å². The summed E-state index contributed by atoms with van der Waals surface area (Å²) < 4.78 is 0. The Hall–Kier alpha value is -0.610. The van der Waals surface area contributed by atoms with Gasteiger partial charge < -0.3 is 10.6 Å². The SMILES string of the molecule is CC1(C)CN(CCc2cnc(N)s2)C1. The summed E-state index contributed by atoms with van der Waals surface area (Å²) in [6, 6.07) is 0. The van der Waals surface area contributed by atoms with Gasteiger partial charge in [-0.05, 0) is 11.8 Å². The fraction of sp³-hybridized carbons (Fsp3) is 0.700. The molecule has 14 heavy (non-hydrogen) atoms. The van der Waals surface area contributed by atoms with Crippen molar-refractivity contribution in [2.24, 2.45) is 5.41 Å². The predicted octanol–water partition coefficient (Wildman–Crippen LogP) is 1.61. The molecule has 4 heteroatoms. The third-order valence-electron chi connectivity index (χ3n) is 2.55. The van der Waals surface area contributed by atoms with Gasteiger partial charge in [-0.1, -0.05) is 13.8 Å². The van der Waals surface area contributed by atoms with Gasteiger partial charge >= 0.3 is 0 Å². The van der Waals surface area contributed by atoms with E-state index < -0.39 is 0 Å². The molecule has 1 aliphatic rings.